The summed E-state index contributed by atoms with van der Waals surface area (Å²) in [5.74, 6) is -1.67. The van der Waals surface area contributed by atoms with Crippen LogP contribution in [-0.4, -0.2) is 42.5 Å². The lowest BCUT2D eigenvalue weighted by Gasteiger charge is -2.28. The van der Waals surface area contributed by atoms with Crippen LogP contribution in [0.1, 0.15) is 79.6 Å². The van der Waals surface area contributed by atoms with E-state index in [2.05, 4.69) is 0 Å². The maximum atomic E-state index is 12.9. The fraction of sp³-hybridized carbons (Fsp3) is 0.810. The molecule has 7 nitrogen and oxygen atoms in total. The summed E-state index contributed by atoms with van der Waals surface area (Å²) in [5, 5.41) is 0. The van der Waals surface area contributed by atoms with Crippen LogP contribution in [0.15, 0.2) is 0 Å². The fourth-order valence-corrected chi connectivity index (χ4v) is 3.51. The summed E-state index contributed by atoms with van der Waals surface area (Å²) in [6.45, 7) is 9.12. The molecule has 0 spiro atoms. The van der Waals surface area contributed by atoms with Crippen LogP contribution in [0.4, 0.5) is 0 Å². The molecule has 0 aromatic rings. The standard InChI is InChI=1S/C21H34O7/c1-6-26-18(24)14-21(19(25)27-7-2)13-12-15(8-10-16(21)22)9-11-17(23)28-20(3,4)5/h15H,6-14H2,1-5H3. The van der Waals surface area contributed by atoms with E-state index in [-0.39, 0.29) is 56.6 Å². The van der Waals surface area contributed by atoms with Crippen molar-refractivity contribution in [2.45, 2.75) is 85.2 Å². The molecular formula is C21H34O7. The van der Waals surface area contributed by atoms with E-state index in [0.29, 0.717) is 19.3 Å². The summed E-state index contributed by atoms with van der Waals surface area (Å²) in [7, 11) is 0. The molecule has 2 unspecified atom stereocenters. The van der Waals surface area contributed by atoms with Gasteiger partial charge in [-0.25, -0.2) is 0 Å². The van der Waals surface area contributed by atoms with Gasteiger partial charge in [0, 0.05) is 12.8 Å². The van der Waals surface area contributed by atoms with Gasteiger partial charge in [0.25, 0.3) is 0 Å². The Morgan fingerprint density at radius 2 is 1.68 bits per heavy atom. The van der Waals surface area contributed by atoms with Crippen molar-refractivity contribution in [2.24, 2.45) is 11.3 Å². The van der Waals surface area contributed by atoms with Gasteiger partial charge in [0.15, 0.2) is 5.78 Å². The molecule has 28 heavy (non-hydrogen) atoms. The summed E-state index contributed by atoms with van der Waals surface area (Å²) < 4.78 is 15.4. The average Bonchev–Trinajstić information content (AvgIpc) is 2.73. The molecule has 7 heteroatoms. The lowest BCUT2D eigenvalue weighted by Crippen LogP contribution is -2.42. The van der Waals surface area contributed by atoms with Crippen LogP contribution in [0.5, 0.6) is 0 Å². The van der Waals surface area contributed by atoms with E-state index < -0.39 is 23.0 Å². The Morgan fingerprint density at radius 1 is 1.04 bits per heavy atom. The van der Waals surface area contributed by atoms with Crippen molar-refractivity contribution in [3.05, 3.63) is 0 Å². The van der Waals surface area contributed by atoms with Gasteiger partial charge in [-0.2, -0.15) is 0 Å². The van der Waals surface area contributed by atoms with Gasteiger partial charge in [-0.1, -0.05) is 0 Å². The Kier molecular flexibility index (Phi) is 9.11. The third-order valence-electron chi connectivity index (χ3n) is 4.89. The van der Waals surface area contributed by atoms with Crippen molar-refractivity contribution in [2.75, 3.05) is 13.2 Å². The fourth-order valence-electron chi connectivity index (χ4n) is 3.51. The van der Waals surface area contributed by atoms with Crippen molar-refractivity contribution >= 4 is 23.7 Å². The number of hydrogen-bond donors (Lipinski definition) is 0. The number of ketones is 1. The van der Waals surface area contributed by atoms with E-state index in [0.717, 1.165) is 0 Å². The highest BCUT2D eigenvalue weighted by Gasteiger charge is 2.50. The number of carbonyl (C=O) groups is 4. The van der Waals surface area contributed by atoms with Crippen LogP contribution in [0.3, 0.4) is 0 Å². The molecular weight excluding hydrogens is 364 g/mol. The molecule has 0 aromatic heterocycles. The highest BCUT2D eigenvalue weighted by Crippen LogP contribution is 2.40. The van der Waals surface area contributed by atoms with Gasteiger partial charge in [-0.3, -0.25) is 19.2 Å². The zero-order valence-electron chi connectivity index (χ0n) is 17.8. The molecule has 0 amide bonds. The third-order valence-corrected chi connectivity index (χ3v) is 4.89. The summed E-state index contributed by atoms with van der Waals surface area (Å²) in [4.78, 5) is 49.5. The molecule has 2 atom stereocenters. The van der Waals surface area contributed by atoms with E-state index in [1.165, 1.54) is 0 Å². The van der Waals surface area contributed by atoms with Crippen molar-refractivity contribution in [3.8, 4) is 0 Å². The maximum absolute atomic E-state index is 12.9. The quantitative estimate of drug-likeness (QED) is 0.268. The minimum atomic E-state index is -1.48. The molecule has 1 rings (SSSR count). The number of hydrogen-bond acceptors (Lipinski definition) is 7. The van der Waals surface area contributed by atoms with Crippen molar-refractivity contribution in [3.63, 3.8) is 0 Å². The zero-order valence-corrected chi connectivity index (χ0v) is 17.8. The average molecular weight is 398 g/mol. The Bertz CT molecular complexity index is 576. The normalized spacial score (nSPS) is 22.9. The maximum Gasteiger partial charge on any atom is 0.320 e. The first-order valence-electron chi connectivity index (χ1n) is 10.1. The van der Waals surface area contributed by atoms with Crippen molar-refractivity contribution in [1.82, 2.24) is 0 Å². The molecule has 0 saturated heterocycles. The number of esters is 3. The zero-order chi connectivity index (χ0) is 21.4. The second kappa shape index (κ2) is 10.6. The number of Topliss-reactive ketones (excluding diaryl/α,β-unsaturated/α-hetero) is 1. The lowest BCUT2D eigenvalue weighted by atomic mass is 9.76. The summed E-state index contributed by atoms with van der Waals surface area (Å²) in [6.07, 6.45) is 2.09. The highest BCUT2D eigenvalue weighted by atomic mass is 16.6. The lowest BCUT2D eigenvalue weighted by molar-refractivity contribution is -0.167. The van der Waals surface area contributed by atoms with Crippen LogP contribution in [0, 0.1) is 11.3 Å². The van der Waals surface area contributed by atoms with Gasteiger partial charge in [0.05, 0.1) is 19.6 Å². The van der Waals surface area contributed by atoms with Gasteiger partial charge in [0.2, 0.25) is 0 Å². The van der Waals surface area contributed by atoms with Gasteiger partial charge in [-0.15, -0.1) is 0 Å². The molecule has 0 aliphatic heterocycles. The Morgan fingerprint density at radius 3 is 2.25 bits per heavy atom. The Labute approximate surface area is 167 Å². The van der Waals surface area contributed by atoms with Crippen LogP contribution in [0.2, 0.25) is 0 Å². The Hall–Kier alpha value is -1.92. The van der Waals surface area contributed by atoms with E-state index in [4.69, 9.17) is 14.2 Å². The molecule has 160 valence electrons. The highest BCUT2D eigenvalue weighted by molar-refractivity contribution is 6.06. The topological polar surface area (TPSA) is 96.0 Å². The molecule has 0 radical (unpaired) electrons. The van der Waals surface area contributed by atoms with Crippen molar-refractivity contribution in [1.29, 1.82) is 0 Å². The largest absolute Gasteiger partial charge is 0.466 e. The number of rotatable bonds is 8. The van der Waals surface area contributed by atoms with Gasteiger partial charge in [-0.05, 0) is 66.2 Å². The Balaban J connectivity index is 2.83. The third kappa shape index (κ3) is 7.24. The monoisotopic (exact) mass is 398 g/mol. The SMILES string of the molecule is CCOC(=O)CC1(C(=O)OCC)CCC(CCC(=O)OC(C)(C)C)CCC1=O. The van der Waals surface area contributed by atoms with Gasteiger partial charge >= 0.3 is 17.9 Å². The molecule has 0 aromatic carbocycles. The van der Waals surface area contributed by atoms with E-state index in [9.17, 15) is 19.2 Å². The van der Waals surface area contributed by atoms with E-state index in [1.54, 1.807) is 13.8 Å². The summed E-state index contributed by atoms with van der Waals surface area (Å²) in [6, 6.07) is 0. The molecule has 1 aliphatic rings. The summed E-state index contributed by atoms with van der Waals surface area (Å²) in [5.41, 5.74) is -2.02. The minimum Gasteiger partial charge on any atom is -0.466 e. The van der Waals surface area contributed by atoms with E-state index >= 15 is 0 Å². The first-order chi connectivity index (χ1) is 13.0. The second-order valence-corrected chi connectivity index (χ2v) is 8.28. The number of ether oxygens (including phenoxy) is 3. The van der Waals surface area contributed by atoms with E-state index in [1.807, 2.05) is 20.8 Å². The van der Waals surface area contributed by atoms with Crippen LogP contribution in [-0.2, 0) is 33.4 Å². The predicted molar refractivity (Wildman–Crippen MR) is 102 cm³/mol. The smallest absolute Gasteiger partial charge is 0.320 e. The van der Waals surface area contributed by atoms with Gasteiger partial charge in [0.1, 0.15) is 11.0 Å². The first-order valence-corrected chi connectivity index (χ1v) is 10.1. The molecule has 0 N–H and O–H groups in total. The van der Waals surface area contributed by atoms with Crippen molar-refractivity contribution < 1.29 is 33.4 Å². The predicted octanol–water partition coefficient (Wildman–Crippen LogP) is 3.37. The van der Waals surface area contributed by atoms with Crippen LogP contribution >= 0.6 is 0 Å². The minimum absolute atomic E-state index is 0.106. The van der Waals surface area contributed by atoms with Gasteiger partial charge < -0.3 is 14.2 Å². The molecule has 0 bridgehead atoms. The molecule has 0 heterocycles. The molecule has 1 fully saturated rings. The molecule has 1 saturated carbocycles. The second-order valence-electron chi connectivity index (χ2n) is 8.28. The number of carbonyl (C=O) groups excluding carboxylic acids is 4. The summed E-state index contributed by atoms with van der Waals surface area (Å²) >= 11 is 0. The van der Waals surface area contributed by atoms with Crippen LogP contribution in [0.25, 0.3) is 0 Å². The molecule has 1 aliphatic carbocycles. The van der Waals surface area contributed by atoms with Crippen LogP contribution < -0.4 is 0 Å². The first kappa shape index (κ1) is 24.1.